The Morgan fingerprint density at radius 3 is 3.00 bits per heavy atom. The van der Waals surface area contributed by atoms with E-state index in [1.54, 1.807) is 6.26 Å². The van der Waals surface area contributed by atoms with E-state index in [2.05, 4.69) is 5.10 Å². The van der Waals surface area contributed by atoms with Gasteiger partial charge in [0.2, 0.25) is 5.90 Å². The van der Waals surface area contributed by atoms with Crippen LogP contribution in [0, 0.1) is 0 Å². The number of hydrogen-bond donors (Lipinski definition) is 1. The first-order valence-corrected chi connectivity index (χ1v) is 2.02. The van der Waals surface area contributed by atoms with Crippen molar-refractivity contribution in [1.82, 2.24) is 0 Å². The van der Waals surface area contributed by atoms with Crippen molar-refractivity contribution >= 4 is 5.90 Å². The standard InChI is InChI=1S/C4H6N2O/c5-6-4-2-1-3-7-4/h1,3H,2,5H2. The monoisotopic (exact) mass is 98.0 g/mol. The molecule has 0 saturated carbocycles. The molecule has 38 valence electrons. The Morgan fingerprint density at radius 2 is 2.71 bits per heavy atom. The first kappa shape index (κ1) is 4.18. The molecular weight excluding hydrogens is 92.1 g/mol. The zero-order valence-corrected chi connectivity index (χ0v) is 3.79. The Hall–Kier alpha value is -0.990. The summed E-state index contributed by atoms with van der Waals surface area (Å²) in [6, 6.07) is 0. The Bertz CT molecular complexity index is 107. The van der Waals surface area contributed by atoms with Crippen molar-refractivity contribution in [1.29, 1.82) is 0 Å². The minimum atomic E-state index is 0.583. The number of nitrogens with two attached hydrogens (primary N) is 1. The van der Waals surface area contributed by atoms with E-state index in [9.17, 15) is 0 Å². The molecule has 0 aliphatic carbocycles. The van der Waals surface area contributed by atoms with Crippen LogP contribution in [0.25, 0.3) is 0 Å². The summed E-state index contributed by atoms with van der Waals surface area (Å²) in [6.07, 6.45) is 4.16. The predicted octanol–water partition coefficient (Wildman–Crippen LogP) is 0.193. The second-order valence-electron chi connectivity index (χ2n) is 1.22. The van der Waals surface area contributed by atoms with E-state index >= 15 is 0 Å². The van der Waals surface area contributed by atoms with Gasteiger partial charge in [0.25, 0.3) is 0 Å². The molecular formula is C4H6N2O. The van der Waals surface area contributed by atoms with E-state index in [0.717, 1.165) is 6.42 Å². The lowest BCUT2D eigenvalue weighted by atomic mass is 10.5. The van der Waals surface area contributed by atoms with Gasteiger partial charge in [-0.25, -0.2) is 0 Å². The van der Waals surface area contributed by atoms with Crippen molar-refractivity contribution in [2.75, 3.05) is 0 Å². The van der Waals surface area contributed by atoms with Crippen LogP contribution in [0.3, 0.4) is 0 Å². The number of rotatable bonds is 0. The fourth-order valence-corrected chi connectivity index (χ4v) is 0.407. The largest absolute Gasteiger partial charge is 0.449 e. The molecule has 1 rings (SSSR count). The summed E-state index contributed by atoms with van der Waals surface area (Å²) < 4.78 is 4.75. The van der Waals surface area contributed by atoms with Gasteiger partial charge in [-0.2, -0.15) is 0 Å². The maximum Gasteiger partial charge on any atom is 0.214 e. The molecule has 0 spiro atoms. The summed E-state index contributed by atoms with van der Waals surface area (Å²) in [4.78, 5) is 0. The van der Waals surface area contributed by atoms with Gasteiger partial charge in [-0.05, 0) is 6.08 Å². The van der Waals surface area contributed by atoms with Crippen molar-refractivity contribution in [3.63, 3.8) is 0 Å². The van der Waals surface area contributed by atoms with Crippen molar-refractivity contribution in [3.8, 4) is 0 Å². The molecule has 0 aromatic rings. The van der Waals surface area contributed by atoms with Gasteiger partial charge < -0.3 is 10.6 Å². The average molecular weight is 98.1 g/mol. The molecule has 0 bridgehead atoms. The van der Waals surface area contributed by atoms with E-state index in [4.69, 9.17) is 10.6 Å². The highest BCUT2D eigenvalue weighted by atomic mass is 16.5. The summed E-state index contributed by atoms with van der Waals surface area (Å²) in [5.41, 5.74) is 0. The zero-order valence-electron chi connectivity index (χ0n) is 3.79. The topological polar surface area (TPSA) is 47.6 Å². The molecule has 7 heavy (non-hydrogen) atoms. The first-order valence-electron chi connectivity index (χ1n) is 2.02. The van der Waals surface area contributed by atoms with Crippen molar-refractivity contribution < 1.29 is 4.74 Å². The van der Waals surface area contributed by atoms with Crippen LogP contribution in [-0.4, -0.2) is 5.90 Å². The molecule has 0 radical (unpaired) electrons. The Kier molecular flexibility index (Phi) is 0.978. The molecule has 0 fully saturated rings. The van der Waals surface area contributed by atoms with Gasteiger partial charge in [0.1, 0.15) is 0 Å². The molecule has 0 unspecified atom stereocenters. The van der Waals surface area contributed by atoms with Crippen LogP contribution in [0.1, 0.15) is 6.42 Å². The zero-order chi connectivity index (χ0) is 5.11. The average Bonchev–Trinajstić information content (AvgIpc) is 2.14. The highest BCUT2D eigenvalue weighted by Crippen LogP contribution is 1.98. The lowest BCUT2D eigenvalue weighted by molar-refractivity contribution is 0.479. The molecule has 3 heteroatoms. The summed E-state index contributed by atoms with van der Waals surface area (Å²) in [5.74, 6) is 5.44. The van der Waals surface area contributed by atoms with Gasteiger partial charge in [-0.15, -0.1) is 5.10 Å². The number of hydrogen-bond acceptors (Lipinski definition) is 3. The van der Waals surface area contributed by atoms with E-state index in [0.29, 0.717) is 5.90 Å². The maximum absolute atomic E-state index is 4.86. The fourth-order valence-electron chi connectivity index (χ4n) is 0.407. The summed E-state index contributed by atoms with van der Waals surface area (Å²) in [5, 5.41) is 3.32. The van der Waals surface area contributed by atoms with E-state index < -0.39 is 0 Å². The highest BCUT2D eigenvalue weighted by Gasteiger charge is 1.99. The summed E-state index contributed by atoms with van der Waals surface area (Å²) in [6.45, 7) is 0. The van der Waals surface area contributed by atoms with Crippen LogP contribution in [0.4, 0.5) is 0 Å². The third-order valence-electron chi connectivity index (χ3n) is 0.737. The maximum atomic E-state index is 4.86. The first-order chi connectivity index (χ1) is 3.43. The van der Waals surface area contributed by atoms with Gasteiger partial charge in [0.15, 0.2) is 0 Å². The van der Waals surface area contributed by atoms with Gasteiger partial charge in [0.05, 0.1) is 6.26 Å². The summed E-state index contributed by atoms with van der Waals surface area (Å²) in [7, 11) is 0. The molecule has 1 heterocycles. The molecule has 2 N–H and O–H groups in total. The van der Waals surface area contributed by atoms with Crippen molar-refractivity contribution in [2.45, 2.75) is 6.42 Å². The lowest BCUT2D eigenvalue weighted by Crippen LogP contribution is -1.96. The van der Waals surface area contributed by atoms with Crippen LogP contribution in [0.15, 0.2) is 17.4 Å². The number of hydrazone groups is 1. The van der Waals surface area contributed by atoms with Crippen LogP contribution >= 0.6 is 0 Å². The normalized spacial score (nSPS) is 23.1. The molecule has 0 aromatic carbocycles. The smallest absolute Gasteiger partial charge is 0.214 e. The summed E-state index contributed by atoms with van der Waals surface area (Å²) >= 11 is 0. The van der Waals surface area contributed by atoms with Crippen LogP contribution in [-0.2, 0) is 4.74 Å². The second-order valence-corrected chi connectivity index (χ2v) is 1.22. The minimum Gasteiger partial charge on any atom is -0.449 e. The number of ether oxygens (including phenoxy) is 1. The predicted molar refractivity (Wildman–Crippen MR) is 26.5 cm³/mol. The Morgan fingerprint density at radius 1 is 1.86 bits per heavy atom. The molecule has 3 nitrogen and oxygen atoms in total. The molecule has 1 aliphatic heterocycles. The SMILES string of the molecule is NN=C1CC=CO1. The third-order valence-corrected chi connectivity index (χ3v) is 0.737. The van der Waals surface area contributed by atoms with Gasteiger partial charge >= 0.3 is 0 Å². The van der Waals surface area contributed by atoms with Gasteiger partial charge in [0, 0.05) is 6.42 Å². The molecule has 0 saturated heterocycles. The molecule has 1 aliphatic rings. The van der Waals surface area contributed by atoms with Crippen molar-refractivity contribution in [2.24, 2.45) is 10.9 Å². The van der Waals surface area contributed by atoms with Crippen LogP contribution in [0.5, 0.6) is 0 Å². The Labute approximate surface area is 41.5 Å². The van der Waals surface area contributed by atoms with E-state index in [1.807, 2.05) is 6.08 Å². The third kappa shape index (κ3) is 0.707. The highest BCUT2D eigenvalue weighted by molar-refractivity contribution is 5.79. The molecule has 0 amide bonds. The fraction of sp³-hybridized carbons (Fsp3) is 0.250. The van der Waals surface area contributed by atoms with E-state index in [1.165, 1.54) is 0 Å². The Balaban J connectivity index is 2.51. The van der Waals surface area contributed by atoms with Crippen LogP contribution < -0.4 is 5.84 Å². The van der Waals surface area contributed by atoms with Gasteiger partial charge in [-0.3, -0.25) is 0 Å². The van der Waals surface area contributed by atoms with Crippen molar-refractivity contribution in [3.05, 3.63) is 12.3 Å². The second kappa shape index (κ2) is 1.64. The molecule has 0 atom stereocenters. The number of nitrogens with zero attached hydrogens (tertiary/aromatic N) is 1. The lowest BCUT2D eigenvalue weighted by Gasteiger charge is -1.87. The minimum absolute atomic E-state index is 0.583. The molecule has 0 aromatic heterocycles. The van der Waals surface area contributed by atoms with Gasteiger partial charge in [-0.1, -0.05) is 0 Å². The van der Waals surface area contributed by atoms with Crippen LogP contribution in [0.2, 0.25) is 0 Å². The van der Waals surface area contributed by atoms with E-state index in [-0.39, 0.29) is 0 Å². The quantitative estimate of drug-likeness (QED) is 0.347.